The summed E-state index contributed by atoms with van der Waals surface area (Å²) in [5, 5.41) is 0. The topological polar surface area (TPSA) is 55.3 Å². The highest BCUT2D eigenvalue weighted by molar-refractivity contribution is 4.52. The van der Waals surface area contributed by atoms with Crippen LogP contribution in [0.5, 0.6) is 0 Å². The molecule has 0 spiro atoms. The van der Waals surface area contributed by atoms with Crippen LogP contribution in [0.4, 0.5) is 0 Å². The third-order valence-corrected chi connectivity index (χ3v) is 1.75. The Morgan fingerprint density at radius 1 is 0.909 bits per heavy atom. The van der Waals surface area contributed by atoms with Crippen molar-refractivity contribution in [2.24, 2.45) is 11.5 Å². The van der Waals surface area contributed by atoms with E-state index in [0.717, 1.165) is 32.6 Å². The Morgan fingerprint density at radius 2 is 1.64 bits per heavy atom. The van der Waals surface area contributed by atoms with E-state index in [-0.39, 0.29) is 0 Å². The largest absolute Gasteiger partial charge is 0.330 e. The molecule has 0 saturated heterocycles. The van der Waals surface area contributed by atoms with Crippen LogP contribution in [0, 0.1) is 0 Å². The van der Waals surface area contributed by atoms with Crippen LogP contribution in [-0.2, 0) is 0 Å². The second-order valence-electron chi connectivity index (χ2n) is 2.94. The van der Waals surface area contributed by atoms with Crippen LogP contribution < -0.4 is 11.5 Å². The molecule has 0 fully saturated rings. The molecule has 0 aromatic carbocycles. The zero-order valence-electron chi connectivity index (χ0n) is 7.55. The van der Waals surface area contributed by atoms with E-state index in [2.05, 4.69) is 11.9 Å². The molecule has 0 saturated carbocycles. The van der Waals surface area contributed by atoms with Crippen LogP contribution in [0.2, 0.25) is 0 Å². The molecular formula is C8H21N3. The fourth-order valence-corrected chi connectivity index (χ4v) is 1.04. The van der Waals surface area contributed by atoms with E-state index < -0.39 is 0 Å². The predicted molar refractivity (Wildman–Crippen MR) is 49.5 cm³/mol. The first kappa shape index (κ1) is 10.9. The summed E-state index contributed by atoms with van der Waals surface area (Å²) in [6.45, 7) is 3.73. The third-order valence-electron chi connectivity index (χ3n) is 1.75. The number of nitrogens with two attached hydrogens (primary N) is 2. The van der Waals surface area contributed by atoms with Crippen molar-refractivity contribution in [1.29, 1.82) is 0 Å². The van der Waals surface area contributed by atoms with E-state index in [9.17, 15) is 0 Å². The minimum atomic E-state index is 0.757. The number of unbranched alkanes of at least 4 members (excludes halogenated alkanes) is 2. The van der Waals surface area contributed by atoms with E-state index in [1.807, 2.05) is 0 Å². The summed E-state index contributed by atoms with van der Waals surface area (Å²) in [4.78, 5) is 2.26. The van der Waals surface area contributed by atoms with E-state index in [0.29, 0.717) is 0 Å². The Morgan fingerprint density at radius 3 is 2.18 bits per heavy atom. The highest BCUT2D eigenvalue weighted by atomic mass is 15.1. The van der Waals surface area contributed by atoms with Crippen molar-refractivity contribution in [3.8, 4) is 0 Å². The zero-order chi connectivity index (χ0) is 8.53. The van der Waals surface area contributed by atoms with Crippen LogP contribution in [0.1, 0.15) is 19.3 Å². The first-order valence-corrected chi connectivity index (χ1v) is 4.40. The van der Waals surface area contributed by atoms with Gasteiger partial charge in [0.1, 0.15) is 0 Å². The van der Waals surface area contributed by atoms with Crippen molar-refractivity contribution in [3.63, 3.8) is 0 Å². The molecule has 0 aliphatic carbocycles. The molecule has 0 aliphatic rings. The summed E-state index contributed by atoms with van der Waals surface area (Å²) in [5.41, 5.74) is 10.8. The Balaban J connectivity index is 2.97. The summed E-state index contributed by atoms with van der Waals surface area (Å²) in [6.07, 6.45) is 3.63. The summed E-state index contributed by atoms with van der Waals surface area (Å²) in [5.74, 6) is 0. The highest BCUT2D eigenvalue weighted by Gasteiger charge is 1.94. The maximum Gasteiger partial charge on any atom is 0.0102 e. The molecule has 3 heteroatoms. The average Bonchev–Trinajstić information content (AvgIpc) is 1.99. The van der Waals surface area contributed by atoms with Gasteiger partial charge in [0.2, 0.25) is 0 Å². The lowest BCUT2D eigenvalue weighted by Gasteiger charge is -2.14. The van der Waals surface area contributed by atoms with Crippen LogP contribution >= 0.6 is 0 Å². The van der Waals surface area contributed by atoms with Gasteiger partial charge in [-0.25, -0.2) is 0 Å². The lowest BCUT2D eigenvalue weighted by Crippen LogP contribution is -2.26. The molecule has 11 heavy (non-hydrogen) atoms. The van der Waals surface area contributed by atoms with E-state index in [1.165, 1.54) is 12.8 Å². The smallest absolute Gasteiger partial charge is 0.0102 e. The van der Waals surface area contributed by atoms with Gasteiger partial charge in [-0.2, -0.15) is 0 Å². The molecule has 0 radical (unpaired) electrons. The molecule has 4 N–H and O–H groups in total. The van der Waals surface area contributed by atoms with Crippen molar-refractivity contribution in [2.75, 3.05) is 33.2 Å². The van der Waals surface area contributed by atoms with Crippen molar-refractivity contribution < 1.29 is 0 Å². The highest BCUT2D eigenvalue weighted by Crippen LogP contribution is 1.94. The molecule has 0 aromatic heterocycles. The van der Waals surface area contributed by atoms with Gasteiger partial charge in [0.25, 0.3) is 0 Å². The van der Waals surface area contributed by atoms with Crippen LogP contribution in [0.3, 0.4) is 0 Å². The monoisotopic (exact) mass is 159 g/mol. The molecule has 3 nitrogen and oxygen atoms in total. The average molecular weight is 159 g/mol. The second-order valence-corrected chi connectivity index (χ2v) is 2.94. The van der Waals surface area contributed by atoms with Gasteiger partial charge < -0.3 is 16.4 Å². The summed E-state index contributed by atoms with van der Waals surface area (Å²) >= 11 is 0. The molecule has 0 atom stereocenters. The SMILES string of the molecule is CN(CCN)CCCCCN. The summed E-state index contributed by atoms with van der Waals surface area (Å²) in [6, 6.07) is 0. The quantitative estimate of drug-likeness (QED) is 0.514. The van der Waals surface area contributed by atoms with Gasteiger partial charge in [0, 0.05) is 13.1 Å². The van der Waals surface area contributed by atoms with Gasteiger partial charge in [-0.1, -0.05) is 6.42 Å². The van der Waals surface area contributed by atoms with Gasteiger partial charge in [-0.15, -0.1) is 0 Å². The van der Waals surface area contributed by atoms with Gasteiger partial charge in [-0.3, -0.25) is 0 Å². The molecule has 0 rings (SSSR count). The number of hydrogen-bond donors (Lipinski definition) is 2. The number of hydrogen-bond acceptors (Lipinski definition) is 3. The number of nitrogens with zero attached hydrogens (tertiary/aromatic N) is 1. The minimum absolute atomic E-state index is 0.757. The standard InChI is InChI=1S/C8H21N3/c1-11(8-6-10)7-4-2-3-5-9/h2-10H2,1H3. The normalized spacial score (nSPS) is 10.9. The van der Waals surface area contributed by atoms with Crippen molar-refractivity contribution in [2.45, 2.75) is 19.3 Å². The molecular weight excluding hydrogens is 138 g/mol. The van der Waals surface area contributed by atoms with E-state index >= 15 is 0 Å². The Hall–Kier alpha value is -0.120. The van der Waals surface area contributed by atoms with Crippen LogP contribution in [-0.4, -0.2) is 38.1 Å². The Kier molecular flexibility index (Phi) is 7.89. The lowest BCUT2D eigenvalue weighted by molar-refractivity contribution is 0.333. The first-order chi connectivity index (χ1) is 5.31. The van der Waals surface area contributed by atoms with Gasteiger partial charge in [-0.05, 0) is 33.0 Å². The fourth-order valence-electron chi connectivity index (χ4n) is 1.04. The molecule has 0 amide bonds. The molecule has 0 aromatic rings. The van der Waals surface area contributed by atoms with Crippen molar-refractivity contribution >= 4 is 0 Å². The van der Waals surface area contributed by atoms with Crippen LogP contribution in [0.15, 0.2) is 0 Å². The van der Waals surface area contributed by atoms with Gasteiger partial charge in [0.15, 0.2) is 0 Å². The summed E-state index contributed by atoms with van der Waals surface area (Å²) < 4.78 is 0. The van der Waals surface area contributed by atoms with E-state index in [1.54, 1.807) is 0 Å². The third kappa shape index (κ3) is 7.78. The van der Waals surface area contributed by atoms with E-state index in [4.69, 9.17) is 11.5 Å². The first-order valence-electron chi connectivity index (χ1n) is 4.40. The molecule has 0 heterocycles. The number of likely N-dealkylation sites (N-methyl/N-ethyl adjacent to an activating group) is 1. The van der Waals surface area contributed by atoms with Crippen molar-refractivity contribution in [1.82, 2.24) is 4.90 Å². The van der Waals surface area contributed by atoms with Gasteiger partial charge in [0.05, 0.1) is 0 Å². The zero-order valence-corrected chi connectivity index (χ0v) is 7.55. The Labute approximate surface area is 69.7 Å². The maximum absolute atomic E-state index is 5.40. The molecule has 0 aliphatic heterocycles. The maximum atomic E-state index is 5.40. The minimum Gasteiger partial charge on any atom is -0.330 e. The number of rotatable bonds is 7. The lowest BCUT2D eigenvalue weighted by atomic mass is 10.2. The second kappa shape index (κ2) is 7.98. The van der Waals surface area contributed by atoms with Crippen molar-refractivity contribution in [3.05, 3.63) is 0 Å². The molecule has 68 valence electrons. The van der Waals surface area contributed by atoms with Crippen LogP contribution in [0.25, 0.3) is 0 Å². The Bertz CT molecular complexity index is 75.7. The summed E-state index contributed by atoms with van der Waals surface area (Å²) in [7, 11) is 2.11. The predicted octanol–water partition coefficient (Wildman–Crippen LogP) is 0.00590. The fraction of sp³-hybridized carbons (Fsp3) is 1.00. The van der Waals surface area contributed by atoms with Gasteiger partial charge >= 0.3 is 0 Å². The molecule has 0 bridgehead atoms. The molecule has 0 unspecified atom stereocenters.